The lowest BCUT2D eigenvalue weighted by Crippen LogP contribution is -2.39. The van der Waals surface area contributed by atoms with Crippen molar-refractivity contribution in [1.29, 1.82) is 0 Å². The van der Waals surface area contributed by atoms with Gasteiger partial charge in [0.25, 0.3) is 5.56 Å². The summed E-state index contributed by atoms with van der Waals surface area (Å²) in [6, 6.07) is 22.6. The second-order valence-electron chi connectivity index (χ2n) is 10.9. The van der Waals surface area contributed by atoms with E-state index in [1.165, 1.54) is 11.3 Å². The first-order valence-electron chi connectivity index (χ1n) is 14.9. The number of esters is 1. The van der Waals surface area contributed by atoms with Crippen molar-refractivity contribution in [3.63, 3.8) is 0 Å². The Morgan fingerprint density at radius 2 is 1.89 bits per heavy atom. The molecular weight excluding hydrogens is 684 g/mol. The van der Waals surface area contributed by atoms with E-state index in [9.17, 15) is 9.59 Å². The molecule has 9 nitrogen and oxygen atoms in total. The summed E-state index contributed by atoms with van der Waals surface area (Å²) < 4.78 is 31.2. The quantitative estimate of drug-likeness (QED) is 0.181. The summed E-state index contributed by atoms with van der Waals surface area (Å²) in [7, 11) is 1.58. The molecule has 3 heterocycles. The second kappa shape index (κ2) is 12.7. The molecule has 0 N–H and O–H groups in total. The van der Waals surface area contributed by atoms with Crippen LogP contribution in [0.15, 0.2) is 98.3 Å². The average molecular weight is 714 g/mol. The fourth-order valence-electron chi connectivity index (χ4n) is 5.87. The Labute approximate surface area is 282 Å². The van der Waals surface area contributed by atoms with Crippen molar-refractivity contribution in [1.82, 2.24) is 4.57 Å². The van der Waals surface area contributed by atoms with E-state index in [-0.39, 0.29) is 19.0 Å². The van der Waals surface area contributed by atoms with E-state index in [1.54, 1.807) is 43.7 Å². The maximum Gasteiger partial charge on any atom is 0.338 e. The number of nitrogens with zero attached hydrogens (tertiary/aromatic N) is 2. The van der Waals surface area contributed by atoms with Crippen LogP contribution >= 0.6 is 27.3 Å². The Morgan fingerprint density at radius 1 is 1.09 bits per heavy atom. The van der Waals surface area contributed by atoms with Crippen molar-refractivity contribution < 1.29 is 28.5 Å². The number of carbonyl (C=O) groups is 1. The van der Waals surface area contributed by atoms with Crippen LogP contribution in [0.2, 0.25) is 0 Å². The number of methoxy groups -OCH3 is 1. The zero-order valence-electron chi connectivity index (χ0n) is 25.7. The molecule has 2 aliphatic rings. The van der Waals surface area contributed by atoms with E-state index in [0.29, 0.717) is 60.2 Å². The summed E-state index contributed by atoms with van der Waals surface area (Å²) in [6.07, 6.45) is 1.78. The van der Waals surface area contributed by atoms with E-state index in [2.05, 4.69) is 39.1 Å². The van der Waals surface area contributed by atoms with Crippen LogP contribution in [-0.4, -0.2) is 31.0 Å². The molecule has 0 spiro atoms. The van der Waals surface area contributed by atoms with Crippen LogP contribution in [0.25, 0.3) is 16.8 Å². The lowest BCUT2D eigenvalue weighted by atomic mass is 9.95. The van der Waals surface area contributed by atoms with Gasteiger partial charge in [-0.05, 0) is 87.6 Å². The zero-order valence-corrected chi connectivity index (χ0v) is 28.1. The predicted molar refractivity (Wildman–Crippen MR) is 182 cm³/mol. The summed E-state index contributed by atoms with van der Waals surface area (Å²) in [4.78, 5) is 32.5. The number of hydrogen-bond donors (Lipinski definition) is 0. The molecule has 5 aromatic rings. The lowest BCUT2D eigenvalue weighted by molar-refractivity contribution is -0.139. The molecule has 1 atom stereocenters. The first-order chi connectivity index (χ1) is 22.9. The van der Waals surface area contributed by atoms with Gasteiger partial charge in [0, 0.05) is 0 Å². The van der Waals surface area contributed by atoms with Crippen LogP contribution in [0.5, 0.6) is 23.0 Å². The number of fused-ring (bicyclic) bond motifs is 3. The number of ether oxygens (including phenoxy) is 5. The summed E-state index contributed by atoms with van der Waals surface area (Å²) in [6.45, 7) is 4.13. The Morgan fingerprint density at radius 3 is 2.72 bits per heavy atom. The molecule has 4 aromatic carbocycles. The fraction of sp³-hybridized carbons (Fsp3) is 0.194. The van der Waals surface area contributed by atoms with E-state index in [0.717, 1.165) is 21.9 Å². The predicted octanol–water partition coefficient (Wildman–Crippen LogP) is 6.03. The number of carbonyl (C=O) groups excluding carboxylic acids is 1. The van der Waals surface area contributed by atoms with Gasteiger partial charge in [-0.3, -0.25) is 9.36 Å². The average Bonchev–Trinajstić information content (AvgIpc) is 3.66. The van der Waals surface area contributed by atoms with Crippen molar-refractivity contribution in [2.24, 2.45) is 4.99 Å². The number of hydrogen-bond acceptors (Lipinski definition) is 9. The summed E-state index contributed by atoms with van der Waals surface area (Å²) >= 11 is 4.90. The number of thiazole rings is 1. The maximum absolute atomic E-state index is 14.1. The molecule has 0 saturated carbocycles. The highest BCUT2D eigenvalue weighted by Crippen LogP contribution is 2.39. The highest BCUT2D eigenvalue weighted by atomic mass is 79.9. The smallest absolute Gasteiger partial charge is 0.338 e. The summed E-state index contributed by atoms with van der Waals surface area (Å²) in [5.41, 5.74) is 2.93. The van der Waals surface area contributed by atoms with Crippen LogP contribution in [0.1, 0.15) is 36.6 Å². The minimum atomic E-state index is -0.770. The van der Waals surface area contributed by atoms with Gasteiger partial charge in [0.1, 0.15) is 6.61 Å². The molecule has 2 aliphatic heterocycles. The molecule has 0 unspecified atom stereocenters. The number of allylic oxidation sites excluding steroid dienone is 1. The molecule has 0 saturated heterocycles. The Kier molecular flexibility index (Phi) is 8.33. The van der Waals surface area contributed by atoms with Crippen LogP contribution in [0.3, 0.4) is 0 Å². The highest BCUT2D eigenvalue weighted by molar-refractivity contribution is 9.10. The van der Waals surface area contributed by atoms with Crippen LogP contribution in [0, 0.1) is 0 Å². The normalized spacial score (nSPS) is 15.4. The molecule has 0 amide bonds. The van der Waals surface area contributed by atoms with Gasteiger partial charge >= 0.3 is 5.97 Å². The standard InChI is InChI=1S/C36H29BrN2O7S/c1-4-43-35(41)31-20(2)38-36-39(32(31)23-12-13-27-28(17-23)46-19-45-27)34(40)30(47-36)16-21-14-26(37)33(29(15-21)42-3)44-18-24-10-7-9-22-8-5-6-11-25(22)24/h5-17,32H,4,18-19H2,1-3H3/b30-16-/t32-/m1/s1. The molecular formula is C36H29BrN2O7S. The number of halogens is 1. The van der Waals surface area contributed by atoms with Crippen LogP contribution in [-0.2, 0) is 16.1 Å². The lowest BCUT2D eigenvalue weighted by Gasteiger charge is -2.24. The molecule has 238 valence electrons. The van der Waals surface area contributed by atoms with Crippen LogP contribution in [0.4, 0.5) is 0 Å². The monoisotopic (exact) mass is 712 g/mol. The number of benzene rings is 4. The largest absolute Gasteiger partial charge is 0.493 e. The Hall–Kier alpha value is -4.87. The number of aromatic nitrogens is 1. The van der Waals surface area contributed by atoms with Crippen molar-refractivity contribution in [3.05, 3.63) is 125 Å². The van der Waals surface area contributed by atoms with E-state index in [1.807, 2.05) is 42.5 Å². The van der Waals surface area contributed by atoms with Gasteiger partial charge in [-0.1, -0.05) is 59.9 Å². The first-order valence-corrected chi connectivity index (χ1v) is 16.5. The number of rotatable bonds is 8. The summed E-state index contributed by atoms with van der Waals surface area (Å²) in [5, 5.41) is 2.26. The van der Waals surface area contributed by atoms with E-state index < -0.39 is 12.0 Å². The molecule has 7 rings (SSSR count). The van der Waals surface area contributed by atoms with Gasteiger partial charge in [-0.25, -0.2) is 9.79 Å². The molecule has 0 bridgehead atoms. The van der Waals surface area contributed by atoms with Crippen molar-refractivity contribution >= 4 is 50.1 Å². The molecule has 47 heavy (non-hydrogen) atoms. The molecule has 0 radical (unpaired) electrons. The highest BCUT2D eigenvalue weighted by Gasteiger charge is 2.34. The maximum atomic E-state index is 14.1. The molecule has 11 heteroatoms. The fourth-order valence-corrected chi connectivity index (χ4v) is 7.49. The van der Waals surface area contributed by atoms with Crippen molar-refractivity contribution in [3.8, 4) is 23.0 Å². The minimum absolute atomic E-state index is 0.104. The van der Waals surface area contributed by atoms with Crippen molar-refractivity contribution in [2.75, 3.05) is 20.5 Å². The van der Waals surface area contributed by atoms with Gasteiger partial charge in [0.2, 0.25) is 6.79 Å². The third-order valence-corrected chi connectivity index (χ3v) is 9.60. The van der Waals surface area contributed by atoms with Crippen molar-refractivity contribution in [2.45, 2.75) is 26.5 Å². The zero-order chi connectivity index (χ0) is 32.7. The first kappa shape index (κ1) is 30.8. The van der Waals surface area contributed by atoms with Gasteiger partial charge in [0.05, 0.1) is 40.0 Å². The van der Waals surface area contributed by atoms with E-state index in [4.69, 9.17) is 23.7 Å². The second-order valence-corrected chi connectivity index (χ2v) is 12.7. The Bertz CT molecular complexity index is 2270. The molecule has 0 fully saturated rings. The topological polar surface area (TPSA) is 97.6 Å². The SMILES string of the molecule is CCOC(=O)C1=C(C)N=c2s/c(=C\c3cc(Br)c(OCc4cccc5ccccc45)c(OC)c3)c(=O)n2[C@@H]1c1ccc2c(c1)OCO2. The summed E-state index contributed by atoms with van der Waals surface area (Å²) in [5.74, 6) is 1.68. The molecule has 1 aromatic heterocycles. The minimum Gasteiger partial charge on any atom is -0.493 e. The molecule has 0 aliphatic carbocycles. The third-order valence-electron chi connectivity index (χ3n) is 8.03. The Balaban J connectivity index is 1.27. The van der Waals surface area contributed by atoms with Gasteiger partial charge in [-0.15, -0.1) is 0 Å². The van der Waals surface area contributed by atoms with Gasteiger partial charge < -0.3 is 23.7 Å². The van der Waals surface area contributed by atoms with Crippen LogP contribution < -0.4 is 33.8 Å². The van der Waals surface area contributed by atoms with E-state index >= 15 is 0 Å². The van der Waals surface area contributed by atoms with Gasteiger partial charge in [0.15, 0.2) is 27.8 Å². The third kappa shape index (κ3) is 5.70. The van der Waals surface area contributed by atoms with Gasteiger partial charge in [-0.2, -0.15) is 0 Å².